The fourth-order valence-corrected chi connectivity index (χ4v) is 3.53. The van der Waals surface area contributed by atoms with Gasteiger partial charge in [-0.15, -0.1) is 0 Å². The van der Waals surface area contributed by atoms with Crippen LogP contribution in [0.4, 0.5) is 5.13 Å². The molecule has 1 aliphatic rings. The fraction of sp³-hybridized carbons (Fsp3) is 0.400. The Morgan fingerprint density at radius 1 is 1.33 bits per heavy atom. The van der Waals surface area contributed by atoms with Crippen molar-refractivity contribution in [3.05, 3.63) is 47.0 Å². The first-order valence-corrected chi connectivity index (χ1v) is 7.97. The number of hydrogen-bond acceptors (Lipinski definition) is 6. The molecule has 6 heteroatoms. The van der Waals surface area contributed by atoms with Gasteiger partial charge in [-0.2, -0.15) is 0 Å². The fourth-order valence-electron chi connectivity index (χ4n) is 2.79. The van der Waals surface area contributed by atoms with Crippen LogP contribution in [0.2, 0.25) is 0 Å². The van der Waals surface area contributed by atoms with Crippen LogP contribution < -0.4 is 11.3 Å². The van der Waals surface area contributed by atoms with Crippen LogP contribution in [0.25, 0.3) is 0 Å². The minimum absolute atomic E-state index is 0.432. The van der Waals surface area contributed by atoms with Gasteiger partial charge in [0.25, 0.3) is 0 Å². The molecule has 1 unspecified atom stereocenters. The summed E-state index contributed by atoms with van der Waals surface area (Å²) in [6.45, 7) is 4.15. The van der Waals surface area contributed by atoms with Gasteiger partial charge in [0.2, 0.25) is 0 Å². The zero-order valence-electron chi connectivity index (χ0n) is 12.2. The van der Waals surface area contributed by atoms with Crippen LogP contribution >= 0.6 is 11.3 Å². The largest absolute Gasteiger partial charge is 0.303 e. The first-order chi connectivity index (χ1) is 10.3. The van der Waals surface area contributed by atoms with Crippen LogP contribution in [0, 0.1) is 0 Å². The summed E-state index contributed by atoms with van der Waals surface area (Å²) in [5, 5.41) is 0.774. The van der Waals surface area contributed by atoms with E-state index >= 15 is 0 Å². The number of hydrogen-bond donors (Lipinski definition) is 2. The number of likely N-dealkylation sites (N-methyl/N-ethyl adjacent to an activating group) is 1. The molecule has 0 amide bonds. The molecule has 1 aromatic carbocycles. The van der Waals surface area contributed by atoms with Crippen LogP contribution in [-0.4, -0.2) is 41.5 Å². The minimum atomic E-state index is 0.432. The monoisotopic (exact) mass is 303 g/mol. The average Bonchev–Trinajstić information content (AvgIpc) is 2.98. The lowest BCUT2D eigenvalue weighted by Crippen LogP contribution is -2.46. The molecule has 1 aromatic heterocycles. The number of nitrogens with two attached hydrogens (primary N) is 1. The van der Waals surface area contributed by atoms with E-state index in [4.69, 9.17) is 5.84 Å². The van der Waals surface area contributed by atoms with Crippen LogP contribution in [0.5, 0.6) is 0 Å². The van der Waals surface area contributed by atoms with E-state index in [-0.39, 0.29) is 0 Å². The van der Waals surface area contributed by atoms with Crippen molar-refractivity contribution >= 4 is 16.5 Å². The standard InChI is InChI=1S/C15H21N5S/c1-19-7-8-20(10-13-9-17-15(18-16)21-13)14(11-19)12-5-3-2-4-6-12/h2-6,9,14H,7-8,10-11,16H2,1H3,(H,17,18). The predicted molar refractivity (Wildman–Crippen MR) is 87.0 cm³/mol. The van der Waals surface area contributed by atoms with Crippen molar-refractivity contribution < 1.29 is 0 Å². The third kappa shape index (κ3) is 3.41. The van der Waals surface area contributed by atoms with Crippen molar-refractivity contribution in [1.82, 2.24) is 14.8 Å². The van der Waals surface area contributed by atoms with Crippen molar-refractivity contribution in [2.75, 3.05) is 32.1 Å². The maximum absolute atomic E-state index is 5.41. The topological polar surface area (TPSA) is 57.4 Å². The molecule has 1 saturated heterocycles. The molecule has 21 heavy (non-hydrogen) atoms. The molecule has 5 nitrogen and oxygen atoms in total. The van der Waals surface area contributed by atoms with Crippen LogP contribution in [0.3, 0.4) is 0 Å². The van der Waals surface area contributed by atoms with E-state index in [1.54, 1.807) is 11.3 Å². The molecule has 3 rings (SSSR count). The smallest absolute Gasteiger partial charge is 0.197 e. The molecule has 0 radical (unpaired) electrons. The summed E-state index contributed by atoms with van der Waals surface area (Å²) in [6.07, 6.45) is 1.92. The summed E-state index contributed by atoms with van der Waals surface area (Å²) in [5.74, 6) is 5.41. The average molecular weight is 303 g/mol. The minimum Gasteiger partial charge on any atom is -0.303 e. The first kappa shape index (κ1) is 14.5. The third-order valence-corrected chi connectivity index (χ3v) is 4.83. The first-order valence-electron chi connectivity index (χ1n) is 7.15. The summed E-state index contributed by atoms with van der Waals surface area (Å²) >= 11 is 1.62. The summed E-state index contributed by atoms with van der Waals surface area (Å²) in [5.41, 5.74) is 4.00. The maximum Gasteiger partial charge on any atom is 0.197 e. The van der Waals surface area contributed by atoms with Crippen molar-refractivity contribution in [3.63, 3.8) is 0 Å². The van der Waals surface area contributed by atoms with Gasteiger partial charge in [-0.05, 0) is 12.6 Å². The van der Waals surface area contributed by atoms with E-state index < -0.39 is 0 Å². The van der Waals surface area contributed by atoms with Crippen LogP contribution in [-0.2, 0) is 6.54 Å². The number of rotatable bonds is 4. The molecule has 2 aromatic rings. The number of nitrogens with one attached hydrogen (secondary N) is 1. The molecule has 1 atom stereocenters. The van der Waals surface area contributed by atoms with Gasteiger partial charge >= 0.3 is 0 Å². The molecule has 2 heterocycles. The van der Waals surface area contributed by atoms with Gasteiger partial charge < -0.3 is 4.90 Å². The van der Waals surface area contributed by atoms with E-state index in [9.17, 15) is 0 Å². The second-order valence-corrected chi connectivity index (χ2v) is 6.55. The van der Waals surface area contributed by atoms with Gasteiger partial charge in [0.15, 0.2) is 5.13 Å². The molecular formula is C15H21N5S. The van der Waals surface area contributed by atoms with Gasteiger partial charge in [-0.1, -0.05) is 41.7 Å². The molecule has 1 fully saturated rings. The van der Waals surface area contributed by atoms with E-state index in [1.165, 1.54) is 10.4 Å². The zero-order chi connectivity index (χ0) is 14.7. The number of piperazine rings is 1. The van der Waals surface area contributed by atoms with Gasteiger partial charge in [-0.25, -0.2) is 10.8 Å². The highest BCUT2D eigenvalue weighted by Gasteiger charge is 2.26. The molecule has 0 bridgehead atoms. The summed E-state index contributed by atoms with van der Waals surface area (Å²) < 4.78 is 0. The van der Waals surface area contributed by atoms with E-state index in [2.05, 4.69) is 57.6 Å². The Morgan fingerprint density at radius 2 is 2.14 bits per heavy atom. The Kier molecular flexibility index (Phi) is 4.50. The van der Waals surface area contributed by atoms with E-state index in [0.29, 0.717) is 6.04 Å². The highest BCUT2D eigenvalue weighted by molar-refractivity contribution is 7.15. The Morgan fingerprint density at radius 3 is 2.86 bits per heavy atom. The molecular weight excluding hydrogens is 282 g/mol. The van der Waals surface area contributed by atoms with Gasteiger partial charge in [0, 0.05) is 43.3 Å². The lowest BCUT2D eigenvalue weighted by atomic mass is 10.0. The molecule has 0 saturated carbocycles. The number of anilines is 1. The number of nitrogens with zero attached hydrogens (tertiary/aromatic N) is 3. The van der Waals surface area contributed by atoms with Crippen molar-refractivity contribution in [3.8, 4) is 0 Å². The van der Waals surface area contributed by atoms with Crippen molar-refractivity contribution in [1.29, 1.82) is 0 Å². The maximum atomic E-state index is 5.41. The molecule has 112 valence electrons. The lowest BCUT2D eigenvalue weighted by Gasteiger charge is -2.40. The Labute approximate surface area is 129 Å². The van der Waals surface area contributed by atoms with Gasteiger partial charge in [0.1, 0.15) is 0 Å². The normalized spacial score (nSPS) is 20.6. The molecule has 0 spiro atoms. The van der Waals surface area contributed by atoms with Crippen LogP contribution in [0.1, 0.15) is 16.5 Å². The summed E-state index contributed by atoms with van der Waals surface area (Å²) in [7, 11) is 2.19. The van der Waals surface area contributed by atoms with E-state index in [1.807, 2.05) is 6.20 Å². The SMILES string of the molecule is CN1CCN(Cc2cnc(NN)s2)C(c2ccccc2)C1. The third-order valence-electron chi connectivity index (χ3n) is 3.91. The number of benzene rings is 1. The van der Waals surface area contributed by atoms with Crippen molar-refractivity contribution in [2.24, 2.45) is 5.84 Å². The lowest BCUT2D eigenvalue weighted by molar-refractivity contribution is 0.0842. The number of hydrazine groups is 1. The summed E-state index contributed by atoms with van der Waals surface area (Å²) in [4.78, 5) is 10.4. The second kappa shape index (κ2) is 6.53. The number of aromatic nitrogens is 1. The van der Waals surface area contributed by atoms with Crippen LogP contribution in [0.15, 0.2) is 36.5 Å². The predicted octanol–water partition coefficient (Wildman–Crippen LogP) is 1.92. The van der Waals surface area contributed by atoms with Gasteiger partial charge in [0.05, 0.1) is 0 Å². The Balaban J connectivity index is 1.77. The second-order valence-electron chi connectivity index (χ2n) is 5.44. The van der Waals surface area contributed by atoms with Gasteiger partial charge in [-0.3, -0.25) is 10.3 Å². The Bertz CT molecular complexity index is 570. The van der Waals surface area contributed by atoms with Crippen molar-refractivity contribution in [2.45, 2.75) is 12.6 Å². The number of nitrogen functional groups attached to an aromatic ring is 1. The molecule has 3 N–H and O–H groups in total. The summed E-state index contributed by atoms with van der Waals surface area (Å²) in [6, 6.07) is 11.2. The Hall–Kier alpha value is -1.47. The zero-order valence-corrected chi connectivity index (χ0v) is 13.0. The molecule has 1 aliphatic heterocycles. The highest BCUT2D eigenvalue weighted by atomic mass is 32.1. The highest BCUT2D eigenvalue weighted by Crippen LogP contribution is 2.28. The molecule has 0 aliphatic carbocycles. The quantitative estimate of drug-likeness (QED) is 0.667. The number of thiazole rings is 1. The van der Waals surface area contributed by atoms with E-state index in [0.717, 1.165) is 31.3 Å².